The molecule has 1 saturated heterocycles. The van der Waals surface area contributed by atoms with Crippen LogP contribution in [0.25, 0.3) is 0 Å². The van der Waals surface area contributed by atoms with Crippen molar-refractivity contribution in [2.75, 3.05) is 19.6 Å². The summed E-state index contributed by atoms with van der Waals surface area (Å²) in [7, 11) is 0. The van der Waals surface area contributed by atoms with Crippen LogP contribution < -0.4 is 5.32 Å². The summed E-state index contributed by atoms with van der Waals surface area (Å²) >= 11 is 0. The minimum atomic E-state index is -0.0817. The first-order valence-electron chi connectivity index (χ1n) is 6.98. The van der Waals surface area contributed by atoms with Crippen LogP contribution in [0.4, 0.5) is 4.39 Å². The van der Waals surface area contributed by atoms with E-state index in [0.717, 1.165) is 38.2 Å². The standard InChI is InChI=1S/C15H23FN2/c1-2-6-14-12-18(10-5-9-17-14)11-13-7-3-4-8-15(13)16/h3-4,7-8,14,17H,2,5-6,9-12H2,1H3. The van der Waals surface area contributed by atoms with E-state index in [1.165, 1.54) is 12.8 Å². The second-order valence-electron chi connectivity index (χ2n) is 5.12. The molecule has 1 aromatic carbocycles. The summed E-state index contributed by atoms with van der Waals surface area (Å²) in [5, 5.41) is 3.58. The SMILES string of the molecule is CCCC1CN(Cc2ccccc2F)CCCN1. The van der Waals surface area contributed by atoms with Gasteiger partial charge in [0.1, 0.15) is 5.82 Å². The van der Waals surface area contributed by atoms with Gasteiger partial charge in [-0.3, -0.25) is 4.90 Å². The fourth-order valence-corrected chi connectivity index (χ4v) is 2.63. The number of nitrogens with one attached hydrogen (secondary N) is 1. The maximum absolute atomic E-state index is 13.6. The zero-order valence-electron chi connectivity index (χ0n) is 11.2. The Labute approximate surface area is 109 Å². The molecule has 1 N–H and O–H groups in total. The number of benzene rings is 1. The Hall–Kier alpha value is -0.930. The molecular weight excluding hydrogens is 227 g/mol. The van der Waals surface area contributed by atoms with Crippen molar-refractivity contribution in [2.45, 2.75) is 38.8 Å². The third-order valence-electron chi connectivity index (χ3n) is 3.55. The average Bonchev–Trinajstić information content (AvgIpc) is 2.58. The summed E-state index contributed by atoms with van der Waals surface area (Å²) in [5.74, 6) is -0.0817. The first kappa shape index (κ1) is 13.5. The Morgan fingerprint density at radius 3 is 3.00 bits per heavy atom. The first-order chi connectivity index (χ1) is 8.79. The van der Waals surface area contributed by atoms with Crippen LogP contribution >= 0.6 is 0 Å². The highest BCUT2D eigenvalue weighted by Gasteiger charge is 2.17. The van der Waals surface area contributed by atoms with Crippen molar-refractivity contribution in [1.82, 2.24) is 10.2 Å². The van der Waals surface area contributed by atoms with Crippen molar-refractivity contribution in [3.05, 3.63) is 35.6 Å². The molecule has 1 heterocycles. The summed E-state index contributed by atoms with van der Waals surface area (Å²) in [6, 6.07) is 7.67. The lowest BCUT2D eigenvalue weighted by Crippen LogP contribution is -2.37. The van der Waals surface area contributed by atoms with Crippen LogP contribution in [0.2, 0.25) is 0 Å². The van der Waals surface area contributed by atoms with Gasteiger partial charge in [-0.2, -0.15) is 0 Å². The van der Waals surface area contributed by atoms with Gasteiger partial charge in [-0.15, -0.1) is 0 Å². The quantitative estimate of drug-likeness (QED) is 0.884. The van der Waals surface area contributed by atoms with E-state index in [2.05, 4.69) is 17.1 Å². The minimum Gasteiger partial charge on any atom is -0.313 e. The van der Waals surface area contributed by atoms with Gasteiger partial charge in [0.05, 0.1) is 0 Å². The molecule has 0 bridgehead atoms. The fourth-order valence-electron chi connectivity index (χ4n) is 2.63. The summed E-state index contributed by atoms with van der Waals surface area (Å²) < 4.78 is 13.6. The van der Waals surface area contributed by atoms with E-state index in [-0.39, 0.29) is 5.82 Å². The topological polar surface area (TPSA) is 15.3 Å². The van der Waals surface area contributed by atoms with Gasteiger partial charge in [-0.1, -0.05) is 31.5 Å². The molecule has 0 aliphatic carbocycles. The number of hydrogen-bond acceptors (Lipinski definition) is 2. The van der Waals surface area contributed by atoms with E-state index in [4.69, 9.17) is 0 Å². The molecule has 1 fully saturated rings. The van der Waals surface area contributed by atoms with Crippen molar-refractivity contribution in [2.24, 2.45) is 0 Å². The second kappa shape index (κ2) is 6.86. The maximum Gasteiger partial charge on any atom is 0.127 e. The molecule has 2 rings (SSSR count). The highest BCUT2D eigenvalue weighted by atomic mass is 19.1. The van der Waals surface area contributed by atoms with Crippen LogP contribution in [0.3, 0.4) is 0 Å². The van der Waals surface area contributed by atoms with Crippen LogP contribution in [0, 0.1) is 5.82 Å². The van der Waals surface area contributed by atoms with Crippen molar-refractivity contribution in [1.29, 1.82) is 0 Å². The van der Waals surface area contributed by atoms with Crippen molar-refractivity contribution >= 4 is 0 Å². The molecular formula is C15H23FN2. The summed E-state index contributed by atoms with van der Waals surface area (Å²) in [4.78, 5) is 2.37. The lowest BCUT2D eigenvalue weighted by atomic mass is 10.1. The van der Waals surface area contributed by atoms with Gasteiger partial charge in [0.2, 0.25) is 0 Å². The van der Waals surface area contributed by atoms with Gasteiger partial charge in [-0.25, -0.2) is 4.39 Å². The Morgan fingerprint density at radius 2 is 2.22 bits per heavy atom. The predicted molar refractivity (Wildman–Crippen MR) is 73.0 cm³/mol. The molecule has 1 unspecified atom stereocenters. The van der Waals surface area contributed by atoms with Crippen molar-refractivity contribution < 1.29 is 4.39 Å². The zero-order chi connectivity index (χ0) is 12.8. The maximum atomic E-state index is 13.6. The molecule has 1 aliphatic heterocycles. The smallest absolute Gasteiger partial charge is 0.127 e. The van der Waals surface area contributed by atoms with Crippen LogP contribution in [-0.4, -0.2) is 30.6 Å². The van der Waals surface area contributed by atoms with Crippen LogP contribution in [0.5, 0.6) is 0 Å². The molecule has 1 aliphatic rings. The van der Waals surface area contributed by atoms with Crippen LogP contribution in [0.15, 0.2) is 24.3 Å². The van der Waals surface area contributed by atoms with Gasteiger partial charge in [0.25, 0.3) is 0 Å². The van der Waals surface area contributed by atoms with Crippen LogP contribution in [-0.2, 0) is 6.54 Å². The van der Waals surface area contributed by atoms with E-state index in [0.29, 0.717) is 6.04 Å². The van der Waals surface area contributed by atoms with E-state index in [1.807, 2.05) is 12.1 Å². The van der Waals surface area contributed by atoms with E-state index in [1.54, 1.807) is 12.1 Å². The van der Waals surface area contributed by atoms with Gasteiger partial charge >= 0.3 is 0 Å². The zero-order valence-corrected chi connectivity index (χ0v) is 11.2. The molecule has 0 aromatic heterocycles. The average molecular weight is 250 g/mol. The van der Waals surface area contributed by atoms with E-state index < -0.39 is 0 Å². The molecule has 0 saturated carbocycles. The Morgan fingerprint density at radius 1 is 1.39 bits per heavy atom. The van der Waals surface area contributed by atoms with Gasteiger partial charge < -0.3 is 5.32 Å². The molecule has 0 spiro atoms. The largest absolute Gasteiger partial charge is 0.313 e. The number of halogens is 1. The highest BCUT2D eigenvalue weighted by Crippen LogP contribution is 2.13. The normalized spacial score (nSPS) is 21.8. The molecule has 0 radical (unpaired) electrons. The molecule has 1 atom stereocenters. The lowest BCUT2D eigenvalue weighted by Gasteiger charge is -2.24. The Balaban J connectivity index is 1.97. The monoisotopic (exact) mass is 250 g/mol. The van der Waals surface area contributed by atoms with Gasteiger partial charge in [0.15, 0.2) is 0 Å². The predicted octanol–water partition coefficient (Wildman–Crippen LogP) is 2.79. The van der Waals surface area contributed by atoms with E-state index >= 15 is 0 Å². The van der Waals surface area contributed by atoms with Gasteiger partial charge in [-0.05, 0) is 32.0 Å². The van der Waals surface area contributed by atoms with Crippen molar-refractivity contribution in [3.63, 3.8) is 0 Å². The lowest BCUT2D eigenvalue weighted by molar-refractivity contribution is 0.251. The highest BCUT2D eigenvalue weighted by molar-refractivity contribution is 5.17. The first-order valence-corrected chi connectivity index (χ1v) is 6.98. The summed E-state index contributed by atoms with van der Waals surface area (Å²) in [6.07, 6.45) is 3.55. The van der Waals surface area contributed by atoms with E-state index in [9.17, 15) is 4.39 Å². The molecule has 1 aromatic rings. The Kier molecular flexibility index (Phi) is 5.14. The molecule has 3 heteroatoms. The third kappa shape index (κ3) is 3.79. The number of rotatable bonds is 4. The third-order valence-corrected chi connectivity index (χ3v) is 3.55. The fraction of sp³-hybridized carbons (Fsp3) is 0.600. The molecule has 0 amide bonds. The molecule has 18 heavy (non-hydrogen) atoms. The molecule has 2 nitrogen and oxygen atoms in total. The Bertz CT molecular complexity index is 367. The minimum absolute atomic E-state index is 0.0817. The van der Waals surface area contributed by atoms with Gasteiger partial charge in [0, 0.05) is 24.7 Å². The van der Waals surface area contributed by atoms with Crippen molar-refractivity contribution in [3.8, 4) is 0 Å². The summed E-state index contributed by atoms with van der Waals surface area (Å²) in [6.45, 7) is 6.12. The number of hydrogen-bond donors (Lipinski definition) is 1. The molecule has 100 valence electrons. The van der Waals surface area contributed by atoms with Crippen LogP contribution in [0.1, 0.15) is 31.7 Å². The summed E-state index contributed by atoms with van der Waals surface area (Å²) in [5.41, 5.74) is 0.814. The number of nitrogens with zero attached hydrogens (tertiary/aromatic N) is 1. The second-order valence-corrected chi connectivity index (χ2v) is 5.12.